The fourth-order valence-electron chi connectivity index (χ4n) is 4.12. The van der Waals surface area contributed by atoms with E-state index in [2.05, 4.69) is 29.2 Å². The van der Waals surface area contributed by atoms with Crippen molar-refractivity contribution >= 4 is 21.6 Å². The van der Waals surface area contributed by atoms with Gasteiger partial charge >= 0.3 is 0 Å². The molecule has 180 valence electrons. The van der Waals surface area contributed by atoms with Crippen LogP contribution in [-0.4, -0.2) is 64.1 Å². The fraction of sp³-hybridized carbons (Fsp3) is 0.308. The molecule has 0 aliphatic carbocycles. The smallest absolute Gasteiger partial charge is 0.246 e. The first-order valence-corrected chi connectivity index (χ1v) is 13.1. The van der Waals surface area contributed by atoms with Gasteiger partial charge in [-0.25, -0.2) is 8.42 Å². The van der Waals surface area contributed by atoms with Gasteiger partial charge in [0.15, 0.2) is 0 Å². The maximum atomic E-state index is 13.2. The van der Waals surface area contributed by atoms with Crippen LogP contribution >= 0.6 is 11.6 Å². The number of benzene rings is 3. The summed E-state index contributed by atoms with van der Waals surface area (Å²) in [6.07, 6.45) is -0.139. The Morgan fingerprint density at radius 1 is 0.882 bits per heavy atom. The van der Waals surface area contributed by atoms with Gasteiger partial charge in [0.05, 0.1) is 13.7 Å². The summed E-state index contributed by atoms with van der Waals surface area (Å²) in [4.78, 5) is 2.33. The second-order valence-corrected chi connectivity index (χ2v) is 10.5. The highest BCUT2D eigenvalue weighted by atomic mass is 35.5. The molecule has 34 heavy (non-hydrogen) atoms. The predicted octanol–water partition coefficient (Wildman–Crippen LogP) is 4.46. The van der Waals surface area contributed by atoms with Crippen molar-refractivity contribution in [3.8, 4) is 5.75 Å². The Labute approximate surface area is 206 Å². The number of methoxy groups -OCH3 is 1. The summed E-state index contributed by atoms with van der Waals surface area (Å²) in [6.45, 7) is 3.34. The molecule has 0 spiro atoms. The highest BCUT2D eigenvalue weighted by Crippen LogP contribution is 2.30. The molecule has 6 nitrogen and oxygen atoms in total. The molecule has 0 aromatic heterocycles. The van der Waals surface area contributed by atoms with Crippen molar-refractivity contribution in [3.63, 3.8) is 0 Å². The number of hydrogen-bond donors (Lipinski definition) is 0. The van der Waals surface area contributed by atoms with E-state index in [-0.39, 0.29) is 11.0 Å². The van der Waals surface area contributed by atoms with Crippen molar-refractivity contribution in [1.29, 1.82) is 0 Å². The molecule has 0 amide bonds. The lowest BCUT2D eigenvalue weighted by molar-refractivity contribution is 0.0527. The number of halogens is 1. The van der Waals surface area contributed by atoms with Crippen molar-refractivity contribution in [3.05, 3.63) is 95.0 Å². The number of rotatable bonds is 9. The molecular formula is C26H29ClN2O4S. The van der Waals surface area contributed by atoms with Crippen LogP contribution in [0.4, 0.5) is 0 Å². The van der Waals surface area contributed by atoms with E-state index in [9.17, 15) is 8.42 Å². The molecule has 3 aromatic carbocycles. The van der Waals surface area contributed by atoms with E-state index >= 15 is 0 Å². The summed E-state index contributed by atoms with van der Waals surface area (Å²) in [5.41, 5.74) is 2.22. The topological polar surface area (TPSA) is 59.1 Å². The van der Waals surface area contributed by atoms with E-state index in [0.717, 1.165) is 17.7 Å². The number of hydrogen-bond acceptors (Lipinski definition) is 5. The Morgan fingerprint density at radius 2 is 1.47 bits per heavy atom. The van der Waals surface area contributed by atoms with Gasteiger partial charge in [-0.2, -0.15) is 4.31 Å². The molecule has 4 rings (SSSR count). The first kappa shape index (κ1) is 24.7. The van der Waals surface area contributed by atoms with Crippen molar-refractivity contribution < 1.29 is 17.9 Å². The van der Waals surface area contributed by atoms with Crippen molar-refractivity contribution in [2.45, 2.75) is 11.0 Å². The van der Waals surface area contributed by atoms with Crippen LogP contribution in [0.1, 0.15) is 17.2 Å². The Bertz CT molecular complexity index is 1130. The summed E-state index contributed by atoms with van der Waals surface area (Å²) in [6, 6.07) is 25.0. The maximum absolute atomic E-state index is 13.2. The van der Waals surface area contributed by atoms with Crippen molar-refractivity contribution in [2.24, 2.45) is 0 Å². The molecule has 1 aliphatic rings. The lowest BCUT2D eigenvalue weighted by Gasteiger charge is -2.34. The second-order valence-electron chi connectivity index (χ2n) is 8.11. The summed E-state index contributed by atoms with van der Waals surface area (Å²) in [5, 5.41) is 0.363. The molecule has 1 aliphatic heterocycles. The van der Waals surface area contributed by atoms with Gasteiger partial charge in [-0.05, 0) is 29.3 Å². The van der Waals surface area contributed by atoms with Gasteiger partial charge in [0.1, 0.15) is 16.7 Å². The summed E-state index contributed by atoms with van der Waals surface area (Å²) >= 11 is 6.05. The minimum atomic E-state index is -3.69. The number of ether oxygens (including phenoxy) is 2. The van der Waals surface area contributed by atoms with Gasteiger partial charge < -0.3 is 9.47 Å². The first-order chi connectivity index (χ1) is 16.5. The molecule has 0 unspecified atom stereocenters. The molecule has 1 heterocycles. The van der Waals surface area contributed by atoms with Gasteiger partial charge in [-0.3, -0.25) is 4.90 Å². The van der Waals surface area contributed by atoms with Crippen LogP contribution in [0.3, 0.4) is 0 Å². The molecule has 0 atom stereocenters. The van der Waals surface area contributed by atoms with Crippen molar-refractivity contribution in [1.82, 2.24) is 9.21 Å². The first-order valence-electron chi connectivity index (χ1n) is 11.3. The lowest BCUT2D eigenvalue weighted by atomic mass is 10.0. The van der Waals surface area contributed by atoms with Crippen LogP contribution < -0.4 is 4.74 Å². The molecule has 0 radical (unpaired) electrons. The Hall–Kier alpha value is -2.42. The highest BCUT2D eigenvalue weighted by Gasteiger charge is 2.31. The van der Waals surface area contributed by atoms with Crippen LogP contribution in [0.15, 0.2) is 83.8 Å². The summed E-state index contributed by atoms with van der Waals surface area (Å²) in [7, 11) is -2.23. The Balaban J connectivity index is 1.35. The third-order valence-corrected chi connectivity index (χ3v) is 8.13. The van der Waals surface area contributed by atoms with Crippen LogP contribution in [0, 0.1) is 0 Å². The van der Waals surface area contributed by atoms with Crippen LogP contribution in [0.25, 0.3) is 0 Å². The van der Waals surface area contributed by atoms with E-state index in [0.29, 0.717) is 43.6 Å². The fourth-order valence-corrected chi connectivity index (χ4v) is 5.97. The second kappa shape index (κ2) is 11.3. The predicted molar refractivity (Wildman–Crippen MR) is 134 cm³/mol. The lowest BCUT2D eigenvalue weighted by Crippen LogP contribution is -2.49. The SMILES string of the molecule is COc1ccc(Cl)cc1S(=O)(=O)N1CCN(CCOC(c2ccccc2)c2ccccc2)CC1. The number of sulfonamides is 1. The zero-order valence-electron chi connectivity index (χ0n) is 19.1. The monoisotopic (exact) mass is 500 g/mol. The summed E-state index contributed by atoms with van der Waals surface area (Å²) < 4.78 is 39.4. The summed E-state index contributed by atoms with van der Waals surface area (Å²) in [5.74, 6) is 0.299. The number of nitrogens with zero attached hydrogens (tertiary/aromatic N) is 2. The highest BCUT2D eigenvalue weighted by molar-refractivity contribution is 7.89. The van der Waals surface area contributed by atoms with Gasteiger partial charge in [0.2, 0.25) is 10.0 Å². The zero-order chi connectivity index (χ0) is 24.0. The van der Waals surface area contributed by atoms with E-state index < -0.39 is 10.0 Å². The molecule has 0 saturated carbocycles. The Morgan fingerprint density at radius 3 is 2.03 bits per heavy atom. The van der Waals surface area contributed by atoms with Gasteiger partial charge in [-0.15, -0.1) is 0 Å². The average molecular weight is 501 g/mol. The van der Waals surface area contributed by atoms with Crippen LogP contribution in [-0.2, 0) is 14.8 Å². The largest absolute Gasteiger partial charge is 0.495 e. The molecule has 8 heteroatoms. The molecular weight excluding hydrogens is 472 g/mol. The van der Waals surface area contributed by atoms with Gasteiger partial charge in [0.25, 0.3) is 0 Å². The maximum Gasteiger partial charge on any atom is 0.246 e. The van der Waals surface area contributed by atoms with Crippen molar-refractivity contribution in [2.75, 3.05) is 46.4 Å². The third kappa shape index (κ3) is 5.79. The molecule has 0 N–H and O–H groups in total. The standard InChI is InChI=1S/C26H29ClN2O4S/c1-32-24-13-12-23(27)20-25(24)34(30,31)29-16-14-28(15-17-29)18-19-33-26(21-8-4-2-5-9-21)22-10-6-3-7-11-22/h2-13,20,26H,14-19H2,1H3. The van der Waals surface area contributed by atoms with Gasteiger partial charge in [0, 0.05) is 37.7 Å². The minimum Gasteiger partial charge on any atom is -0.495 e. The number of piperazine rings is 1. The van der Waals surface area contributed by atoms with Crippen LogP contribution in [0.5, 0.6) is 5.75 Å². The molecule has 1 fully saturated rings. The minimum absolute atomic E-state index is 0.104. The van der Waals surface area contributed by atoms with Gasteiger partial charge in [-0.1, -0.05) is 72.3 Å². The van der Waals surface area contributed by atoms with E-state index in [1.165, 1.54) is 17.5 Å². The van der Waals surface area contributed by atoms with E-state index in [1.807, 2.05) is 36.4 Å². The molecule has 3 aromatic rings. The third-order valence-electron chi connectivity index (χ3n) is 5.97. The normalized spacial score (nSPS) is 15.5. The zero-order valence-corrected chi connectivity index (χ0v) is 20.7. The molecule has 0 bridgehead atoms. The quantitative estimate of drug-likeness (QED) is 0.434. The average Bonchev–Trinajstić information content (AvgIpc) is 2.88. The van der Waals surface area contributed by atoms with E-state index in [1.54, 1.807) is 12.1 Å². The Kier molecular flexibility index (Phi) is 8.24. The molecule has 1 saturated heterocycles. The van der Waals surface area contributed by atoms with E-state index in [4.69, 9.17) is 21.1 Å². The van der Waals surface area contributed by atoms with Crippen LogP contribution in [0.2, 0.25) is 5.02 Å².